The van der Waals surface area contributed by atoms with Crippen molar-refractivity contribution in [1.82, 2.24) is 10.2 Å². The molecule has 1 N–H and O–H groups in total. The molecular weight excluding hydrogens is 332 g/mol. The Morgan fingerprint density at radius 2 is 2.05 bits per heavy atom. The third-order valence-corrected chi connectivity index (χ3v) is 6.71. The van der Waals surface area contributed by atoms with E-state index in [4.69, 9.17) is 0 Å². The highest BCUT2D eigenvalue weighted by Crippen LogP contribution is 2.39. The second-order valence-corrected chi connectivity index (χ2v) is 8.98. The van der Waals surface area contributed by atoms with Gasteiger partial charge in [-0.25, -0.2) is 0 Å². The van der Waals surface area contributed by atoms with Gasteiger partial charge >= 0.3 is 0 Å². The average Bonchev–Trinajstić information content (AvgIpc) is 2.82. The Balaban J connectivity index is 2.17. The van der Waals surface area contributed by atoms with Gasteiger partial charge in [0.2, 0.25) is 0 Å². The van der Waals surface area contributed by atoms with E-state index in [9.17, 15) is 0 Å². The summed E-state index contributed by atoms with van der Waals surface area (Å²) in [6.45, 7) is 2.39. The van der Waals surface area contributed by atoms with Crippen molar-refractivity contribution in [1.29, 1.82) is 0 Å². The fraction of sp³-hybridized carbons (Fsp3) is 0.750. The lowest BCUT2D eigenvalue weighted by atomic mass is 9.71. The predicted molar refractivity (Wildman–Crippen MR) is 92.6 cm³/mol. The Morgan fingerprint density at radius 1 is 1.40 bits per heavy atom. The molecule has 1 aliphatic carbocycles. The molecule has 1 unspecified atom stereocenters. The molecule has 4 heteroatoms. The molecule has 0 bridgehead atoms. The summed E-state index contributed by atoms with van der Waals surface area (Å²) in [6.07, 6.45) is 6.44. The van der Waals surface area contributed by atoms with Crippen LogP contribution >= 0.6 is 27.3 Å². The first-order valence-corrected chi connectivity index (χ1v) is 9.18. The zero-order chi connectivity index (χ0) is 14.8. The van der Waals surface area contributed by atoms with Gasteiger partial charge in [-0.1, -0.05) is 6.92 Å². The Labute approximate surface area is 136 Å². The van der Waals surface area contributed by atoms with E-state index < -0.39 is 0 Å². The molecule has 0 amide bonds. The molecule has 1 aromatic rings. The average molecular weight is 359 g/mol. The molecule has 0 radical (unpaired) electrons. The van der Waals surface area contributed by atoms with Gasteiger partial charge < -0.3 is 10.2 Å². The number of hydrogen-bond donors (Lipinski definition) is 1. The van der Waals surface area contributed by atoms with Crippen LogP contribution < -0.4 is 5.32 Å². The summed E-state index contributed by atoms with van der Waals surface area (Å²) >= 11 is 5.44. The van der Waals surface area contributed by atoms with Crippen molar-refractivity contribution < 1.29 is 0 Å². The predicted octanol–water partition coefficient (Wildman–Crippen LogP) is 4.15. The molecule has 20 heavy (non-hydrogen) atoms. The number of likely N-dealkylation sites (N-methyl/N-ethyl adjacent to an activating group) is 2. The Morgan fingerprint density at radius 3 is 2.50 bits per heavy atom. The quantitative estimate of drug-likeness (QED) is 0.850. The lowest BCUT2D eigenvalue weighted by Gasteiger charge is -2.49. The summed E-state index contributed by atoms with van der Waals surface area (Å²) in [5, 5.41) is 3.62. The Bertz CT molecular complexity index is 422. The monoisotopic (exact) mass is 358 g/mol. The molecule has 1 heterocycles. The summed E-state index contributed by atoms with van der Waals surface area (Å²) in [6, 6.07) is 4.95. The van der Waals surface area contributed by atoms with Gasteiger partial charge in [0.25, 0.3) is 0 Å². The van der Waals surface area contributed by atoms with Crippen LogP contribution in [-0.4, -0.2) is 37.6 Å². The molecule has 0 aromatic carbocycles. The SMILES string of the molecule is CNC(Cc1ccc(Br)s1)C1(N(C)C)CCC(C)CC1. The van der Waals surface area contributed by atoms with Gasteiger partial charge in [-0.3, -0.25) is 0 Å². The van der Waals surface area contributed by atoms with Crippen molar-refractivity contribution >= 4 is 27.3 Å². The van der Waals surface area contributed by atoms with Crippen molar-refractivity contribution in [3.05, 3.63) is 20.8 Å². The fourth-order valence-electron chi connectivity index (χ4n) is 3.59. The number of nitrogens with zero attached hydrogens (tertiary/aromatic N) is 1. The molecule has 1 saturated carbocycles. The number of hydrogen-bond acceptors (Lipinski definition) is 3. The van der Waals surface area contributed by atoms with Crippen molar-refractivity contribution in [2.24, 2.45) is 5.92 Å². The fourth-order valence-corrected chi connectivity index (χ4v) is 5.12. The van der Waals surface area contributed by atoms with Crippen LogP contribution in [0.3, 0.4) is 0 Å². The minimum absolute atomic E-state index is 0.303. The molecule has 114 valence electrons. The molecule has 0 saturated heterocycles. The summed E-state index contributed by atoms with van der Waals surface area (Å²) in [4.78, 5) is 3.94. The maximum Gasteiger partial charge on any atom is 0.0701 e. The van der Waals surface area contributed by atoms with E-state index >= 15 is 0 Å². The Hall–Kier alpha value is 0.1000. The maximum atomic E-state index is 3.62. The van der Waals surface area contributed by atoms with Crippen LogP contribution in [0, 0.1) is 5.92 Å². The van der Waals surface area contributed by atoms with E-state index in [-0.39, 0.29) is 0 Å². The third-order valence-electron chi connectivity index (χ3n) is 5.06. The zero-order valence-corrected chi connectivity index (χ0v) is 15.5. The van der Waals surface area contributed by atoms with Gasteiger partial charge in [-0.05, 0) is 87.2 Å². The second kappa shape index (κ2) is 6.91. The van der Waals surface area contributed by atoms with Crippen LogP contribution in [0.1, 0.15) is 37.5 Å². The van der Waals surface area contributed by atoms with Gasteiger partial charge in [0, 0.05) is 16.5 Å². The highest BCUT2D eigenvalue weighted by atomic mass is 79.9. The molecule has 2 nitrogen and oxygen atoms in total. The molecule has 1 aromatic heterocycles. The topological polar surface area (TPSA) is 15.3 Å². The van der Waals surface area contributed by atoms with E-state index in [0.29, 0.717) is 11.6 Å². The smallest absolute Gasteiger partial charge is 0.0701 e. The molecule has 1 aliphatic rings. The number of halogens is 1. The molecule has 1 atom stereocenters. The second-order valence-electron chi connectivity index (χ2n) is 6.43. The minimum Gasteiger partial charge on any atom is -0.315 e. The normalized spacial score (nSPS) is 28.8. The van der Waals surface area contributed by atoms with E-state index in [1.54, 1.807) is 0 Å². The third kappa shape index (κ3) is 3.46. The highest BCUT2D eigenvalue weighted by molar-refractivity contribution is 9.11. The van der Waals surface area contributed by atoms with Crippen molar-refractivity contribution in [2.75, 3.05) is 21.1 Å². The van der Waals surface area contributed by atoms with Gasteiger partial charge in [-0.2, -0.15) is 0 Å². The van der Waals surface area contributed by atoms with Gasteiger partial charge in [0.1, 0.15) is 0 Å². The van der Waals surface area contributed by atoms with Crippen LogP contribution in [-0.2, 0) is 6.42 Å². The standard InChI is InChI=1S/C16H27BrN2S/c1-12-7-9-16(10-8-12,19(3)4)14(18-2)11-13-5-6-15(17)20-13/h5-6,12,14,18H,7-11H2,1-4H3. The summed E-state index contributed by atoms with van der Waals surface area (Å²) in [7, 11) is 6.63. The summed E-state index contributed by atoms with van der Waals surface area (Å²) < 4.78 is 1.23. The van der Waals surface area contributed by atoms with Crippen LogP contribution in [0.2, 0.25) is 0 Å². The maximum absolute atomic E-state index is 3.62. The number of nitrogens with one attached hydrogen (secondary N) is 1. The van der Waals surface area contributed by atoms with E-state index in [0.717, 1.165) is 12.3 Å². The number of thiophene rings is 1. The van der Waals surface area contributed by atoms with E-state index in [1.807, 2.05) is 11.3 Å². The zero-order valence-electron chi connectivity index (χ0n) is 13.1. The van der Waals surface area contributed by atoms with Crippen LogP contribution in [0.5, 0.6) is 0 Å². The first kappa shape index (κ1) is 16.5. The van der Waals surface area contributed by atoms with Gasteiger partial charge in [0.05, 0.1) is 3.79 Å². The Kier molecular flexibility index (Phi) is 5.69. The lowest BCUT2D eigenvalue weighted by Crippen LogP contribution is -2.60. The molecule has 0 spiro atoms. The largest absolute Gasteiger partial charge is 0.315 e. The van der Waals surface area contributed by atoms with Crippen molar-refractivity contribution in [2.45, 2.75) is 50.6 Å². The van der Waals surface area contributed by atoms with E-state index in [2.05, 4.69) is 66.3 Å². The molecular formula is C16H27BrN2S. The number of rotatable bonds is 5. The van der Waals surface area contributed by atoms with Crippen LogP contribution in [0.15, 0.2) is 15.9 Å². The van der Waals surface area contributed by atoms with Crippen molar-refractivity contribution in [3.63, 3.8) is 0 Å². The minimum atomic E-state index is 0.303. The first-order valence-electron chi connectivity index (χ1n) is 7.57. The van der Waals surface area contributed by atoms with Crippen molar-refractivity contribution in [3.8, 4) is 0 Å². The molecule has 2 rings (SSSR count). The van der Waals surface area contributed by atoms with Crippen LogP contribution in [0.25, 0.3) is 0 Å². The van der Waals surface area contributed by atoms with Gasteiger partial charge in [-0.15, -0.1) is 11.3 Å². The summed E-state index contributed by atoms with van der Waals surface area (Å²) in [5.41, 5.74) is 0.303. The molecule has 0 aliphatic heterocycles. The highest BCUT2D eigenvalue weighted by Gasteiger charge is 2.42. The summed E-state index contributed by atoms with van der Waals surface area (Å²) in [5.74, 6) is 0.886. The van der Waals surface area contributed by atoms with E-state index in [1.165, 1.54) is 34.3 Å². The van der Waals surface area contributed by atoms with Crippen LogP contribution in [0.4, 0.5) is 0 Å². The first-order chi connectivity index (χ1) is 9.48. The lowest BCUT2D eigenvalue weighted by molar-refractivity contribution is 0.0464. The van der Waals surface area contributed by atoms with Gasteiger partial charge in [0.15, 0.2) is 0 Å². The molecule has 1 fully saturated rings.